The lowest BCUT2D eigenvalue weighted by Gasteiger charge is -2.28. The van der Waals surface area contributed by atoms with Gasteiger partial charge < -0.3 is 0 Å². The van der Waals surface area contributed by atoms with Gasteiger partial charge in [0.15, 0.2) is 0 Å². The highest BCUT2D eigenvalue weighted by molar-refractivity contribution is 9.10. The van der Waals surface area contributed by atoms with Gasteiger partial charge in [0.25, 0.3) is 0 Å². The molecule has 0 radical (unpaired) electrons. The van der Waals surface area contributed by atoms with Gasteiger partial charge in [0.2, 0.25) is 0 Å². The fourth-order valence-corrected chi connectivity index (χ4v) is 4.67. The molecular formula is C13H18Br2N2. The van der Waals surface area contributed by atoms with E-state index in [-0.39, 0.29) is 0 Å². The van der Waals surface area contributed by atoms with Gasteiger partial charge in [-0.2, -0.15) is 5.10 Å². The Hall–Kier alpha value is 0.170. The van der Waals surface area contributed by atoms with E-state index < -0.39 is 0 Å². The third-order valence-corrected chi connectivity index (χ3v) is 6.77. The van der Waals surface area contributed by atoms with Crippen molar-refractivity contribution < 1.29 is 0 Å². The van der Waals surface area contributed by atoms with Crippen molar-refractivity contribution in [1.29, 1.82) is 0 Å². The molecule has 2 fully saturated rings. The Bertz CT molecular complexity index is 443. The molecule has 94 valence electrons. The molecule has 1 aromatic rings. The average molecular weight is 362 g/mol. The minimum Gasteiger partial charge on any atom is -0.271 e. The molecular weight excluding hydrogens is 344 g/mol. The van der Waals surface area contributed by atoms with Crippen LogP contribution in [0.3, 0.4) is 0 Å². The molecule has 1 heterocycles. The zero-order valence-corrected chi connectivity index (χ0v) is 13.5. The van der Waals surface area contributed by atoms with Crippen LogP contribution < -0.4 is 0 Å². The fourth-order valence-electron chi connectivity index (χ4n) is 3.53. The number of rotatable bonds is 3. The first kappa shape index (κ1) is 12.2. The SMILES string of the molecule is Cc1nn(C)c(CC2(CBr)CC3CC3C2)c1Br. The molecule has 2 saturated carbocycles. The van der Waals surface area contributed by atoms with Crippen molar-refractivity contribution in [3.8, 4) is 0 Å². The Morgan fingerprint density at radius 2 is 2.06 bits per heavy atom. The highest BCUT2D eigenvalue weighted by atomic mass is 79.9. The molecule has 0 bridgehead atoms. The van der Waals surface area contributed by atoms with E-state index in [1.165, 1.54) is 29.4 Å². The molecule has 0 aliphatic heterocycles. The van der Waals surface area contributed by atoms with Gasteiger partial charge in [-0.1, -0.05) is 15.9 Å². The summed E-state index contributed by atoms with van der Waals surface area (Å²) >= 11 is 7.44. The predicted octanol–water partition coefficient (Wildman–Crippen LogP) is 3.84. The van der Waals surface area contributed by atoms with E-state index >= 15 is 0 Å². The molecule has 2 nitrogen and oxygen atoms in total. The van der Waals surface area contributed by atoms with Crippen molar-refractivity contribution in [3.63, 3.8) is 0 Å². The van der Waals surface area contributed by atoms with E-state index in [1.807, 2.05) is 4.68 Å². The number of hydrogen-bond acceptors (Lipinski definition) is 1. The molecule has 2 aliphatic rings. The lowest BCUT2D eigenvalue weighted by atomic mass is 9.81. The van der Waals surface area contributed by atoms with Gasteiger partial charge in [0.1, 0.15) is 0 Å². The quantitative estimate of drug-likeness (QED) is 0.748. The van der Waals surface area contributed by atoms with Crippen LogP contribution in [0.5, 0.6) is 0 Å². The van der Waals surface area contributed by atoms with Gasteiger partial charge in [-0.3, -0.25) is 4.68 Å². The second kappa shape index (κ2) is 4.09. The van der Waals surface area contributed by atoms with Crippen LogP contribution in [0.2, 0.25) is 0 Å². The summed E-state index contributed by atoms with van der Waals surface area (Å²) in [6, 6.07) is 0. The summed E-state index contributed by atoms with van der Waals surface area (Å²) in [4.78, 5) is 0. The molecule has 1 aromatic heterocycles. The largest absolute Gasteiger partial charge is 0.271 e. The maximum absolute atomic E-state index is 4.50. The topological polar surface area (TPSA) is 17.8 Å². The van der Waals surface area contributed by atoms with E-state index in [0.29, 0.717) is 5.41 Å². The molecule has 2 aliphatic carbocycles. The Labute approximate surface area is 119 Å². The maximum Gasteiger partial charge on any atom is 0.0738 e. The molecule has 2 atom stereocenters. The zero-order chi connectivity index (χ0) is 12.2. The predicted molar refractivity (Wildman–Crippen MR) is 76.4 cm³/mol. The fraction of sp³-hybridized carbons (Fsp3) is 0.769. The third kappa shape index (κ3) is 2.01. The first-order valence-corrected chi connectivity index (χ1v) is 8.20. The van der Waals surface area contributed by atoms with Crippen molar-refractivity contribution in [3.05, 3.63) is 15.9 Å². The summed E-state index contributed by atoms with van der Waals surface area (Å²) in [6.07, 6.45) is 5.45. The summed E-state index contributed by atoms with van der Waals surface area (Å²) in [6.45, 7) is 2.07. The summed E-state index contributed by atoms with van der Waals surface area (Å²) < 4.78 is 3.26. The van der Waals surface area contributed by atoms with Gasteiger partial charge in [0.05, 0.1) is 15.9 Å². The van der Waals surface area contributed by atoms with Crippen molar-refractivity contribution in [2.75, 3.05) is 5.33 Å². The number of aryl methyl sites for hydroxylation is 2. The van der Waals surface area contributed by atoms with Gasteiger partial charge >= 0.3 is 0 Å². The molecule has 0 N–H and O–H groups in total. The first-order valence-electron chi connectivity index (χ1n) is 6.28. The van der Waals surface area contributed by atoms with Crippen LogP contribution in [0.25, 0.3) is 0 Å². The number of aromatic nitrogens is 2. The highest BCUT2D eigenvalue weighted by Crippen LogP contribution is 2.61. The van der Waals surface area contributed by atoms with E-state index in [0.717, 1.165) is 29.3 Å². The summed E-state index contributed by atoms with van der Waals surface area (Å²) in [5, 5.41) is 5.63. The smallest absolute Gasteiger partial charge is 0.0738 e. The molecule has 4 heteroatoms. The number of hydrogen-bond donors (Lipinski definition) is 0. The lowest BCUT2D eigenvalue weighted by Crippen LogP contribution is -2.25. The molecule has 3 rings (SSSR count). The molecule has 2 unspecified atom stereocenters. The van der Waals surface area contributed by atoms with Crippen molar-refractivity contribution in [2.24, 2.45) is 24.3 Å². The average Bonchev–Trinajstić information content (AvgIpc) is 2.85. The maximum atomic E-state index is 4.50. The summed E-state index contributed by atoms with van der Waals surface area (Å²) in [7, 11) is 2.06. The first-order chi connectivity index (χ1) is 8.04. The second-order valence-electron chi connectivity index (χ2n) is 5.94. The van der Waals surface area contributed by atoms with Crippen LogP contribution in [0.4, 0.5) is 0 Å². The van der Waals surface area contributed by atoms with E-state index in [9.17, 15) is 0 Å². The van der Waals surface area contributed by atoms with Crippen molar-refractivity contribution in [2.45, 2.75) is 32.6 Å². The molecule has 0 amide bonds. The highest BCUT2D eigenvalue weighted by Gasteiger charge is 2.53. The standard InChI is InChI=1S/C13H18Br2N2/c1-8-12(15)11(17(2)16-8)6-13(7-14)4-9-3-10(9)5-13/h9-10H,3-7H2,1-2H3. The Kier molecular flexibility index (Phi) is 2.94. The van der Waals surface area contributed by atoms with Gasteiger partial charge in [0, 0.05) is 12.4 Å². The third-order valence-electron chi connectivity index (χ3n) is 4.55. The molecule has 0 spiro atoms. The van der Waals surface area contributed by atoms with Crippen LogP contribution in [0.1, 0.15) is 30.7 Å². The Balaban J connectivity index is 1.85. The number of halogens is 2. The molecule has 17 heavy (non-hydrogen) atoms. The second-order valence-corrected chi connectivity index (χ2v) is 7.30. The van der Waals surface area contributed by atoms with Crippen LogP contribution in [-0.2, 0) is 13.5 Å². The summed E-state index contributed by atoms with van der Waals surface area (Å²) in [5.74, 6) is 2.06. The van der Waals surface area contributed by atoms with E-state index in [2.05, 4.69) is 50.9 Å². The van der Waals surface area contributed by atoms with Gasteiger partial charge in [-0.15, -0.1) is 0 Å². The number of alkyl halides is 1. The lowest BCUT2D eigenvalue weighted by molar-refractivity contribution is 0.300. The van der Waals surface area contributed by atoms with Gasteiger partial charge in [-0.05, 0) is 65.8 Å². The molecule has 0 aromatic carbocycles. The van der Waals surface area contributed by atoms with E-state index in [1.54, 1.807) is 0 Å². The van der Waals surface area contributed by atoms with E-state index in [4.69, 9.17) is 0 Å². The van der Waals surface area contributed by atoms with Gasteiger partial charge in [-0.25, -0.2) is 0 Å². The van der Waals surface area contributed by atoms with Crippen molar-refractivity contribution >= 4 is 31.9 Å². The number of fused-ring (bicyclic) bond motifs is 1. The molecule has 0 saturated heterocycles. The monoisotopic (exact) mass is 360 g/mol. The minimum atomic E-state index is 0.482. The van der Waals surface area contributed by atoms with Crippen LogP contribution in [-0.4, -0.2) is 15.1 Å². The Morgan fingerprint density at radius 1 is 1.41 bits per heavy atom. The zero-order valence-electron chi connectivity index (χ0n) is 10.3. The van der Waals surface area contributed by atoms with Crippen LogP contribution in [0.15, 0.2) is 4.47 Å². The van der Waals surface area contributed by atoms with Crippen LogP contribution >= 0.6 is 31.9 Å². The van der Waals surface area contributed by atoms with Crippen LogP contribution in [0, 0.1) is 24.2 Å². The number of nitrogens with zero attached hydrogens (tertiary/aromatic N) is 2. The minimum absolute atomic E-state index is 0.482. The van der Waals surface area contributed by atoms with Crippen molar-refractivity contribution in [1.82, 2.24) is 9.78 Å². The normalized spacial score (nSPS) is 35.1. The summed E-state index contributed by atoms with van der Waals surface area (Å²) in [5.41, 5.74) is 2.95. The Morgan fingerprint density at radius 3 is 2.53 bits per heavy atom.